The molecule has 0 saturated carbocycles. The molecule has 3 amide bonds. The number of fused-ring (bicyclic) bond motifs is 3. The summed E-state index contributed by atoms with van der Waals surface area (Å²) in [5.74, 6) is 0.279. The van der Waals surface area contributed by atoms with Crippen molar-refractivity contribution in [1.29, 1.82) is 0 Å². The molecule has 4 aliphatic rings. The molecule has 4 aliphatic heterocycles. The Labute approximate surface area is 295 Å². The third-order valence-electron chi connectivity index (χ3n) is 11.8. The number of benzene rings is 3. The molecule has 2 saturated heterocycles. The van der Waals surface area contributed by atoms with Crippen LogP contribution >= 0.6 is 0 Å². The summed E-state index contributed by atoms with van der Waals surface area (Å²) in [6.07, 6.45) is 3.10. The number of hydrogen-bond acceptors (Lipinski definition) is 6. The molecular formula is C40H47N3O6Si. The average molecular weight is 694 g/mol. The average Bonchev–Trinajstić information content (AvgIpc) is 3.76. The summed E-state index contributed by atoms with van der Waals surface area (Å²) >= 11 is 0. The molecule has 7 rings (SSSR count). The van der Waals surface area contributed by atoms with Crippen LogP contribution in [0.25, 0.3) is 0 Å². The maximum atomic E-state index is 14.9. The van der Waals surface area contributed by atoms with Crippen LogP contribution in [0.3, 0.4) is 0 Å². The molecule has 0 aliphatic carbocycles. The predicted molar refractivity (Wildman–Crippen MR) is 196 cm³/mol. The normalized spacial score (nSPS) is 26.1. The summed E-state index contributed by atoms with van der Waals surface area (Å²) in [5.41, 5.74) is 2.99. The summed E-state index contributed by atoms with van der Waals surface area (Å²) in [7, 11) is -0.849. The highest BCUT2D eigenvalue weighted by molar-refractivity contribution is 6.91. The van der Waals surface area contributed by atoms with Gasteiger partial charge in [0.2, 0.25) is 11.8 Å². The minimum absolute atomic E-state index is 0.0719. The van der Waals surface area contributed by atoms with E-state index in [9.17, 15) is 19.5 Å². The summed E-state index contributed by atoms with van der Waals surface area (Å²) in [5, 5.41) is 11.6. The molecule has 262 valence electrons. The number of carbonyl (C=O) groups excluding carboxylic acids is 3. The van der Waals surface area contributed by atoms with E-state index in [-0.39, 0.29) is 48.3 Å². The molecule has 1 N–H and O–H groups in total. The van der Waals surface area contributed by atoms with Crippen LogP contribution in [-0.4, -0.2) is 74.8 Å². The molecule has 4 heterocycles. The third-order valence-corrected chi connectivity index (χ3v) is 16.1. The Morgan fingerprint density at radius 1 is 1.10 bits per heavy atom. The Balaban J connectivity index is 1.32. The fourth-order valence-electron chi connectivity index (χ4n) is 9.23. The van der Waals surface area contributed by atoms with Crippen LogP contribution in [0, 0.1) is 5.92 Å². The fraction of sp³-hybridized carbons (Fsp3) is 0.425. The molecule has 3 aromatic rings. The zero-order chi connectivity index (χ0) is 35.4. The topological polar surface area (TPSA) is 99.6 Å². The van der Waals surface area contributed by atoms with Gasteiger partial charge in [-0.2, -0.15) is 0 Å². The first-order chi connectivity index (χ1) is 24.0. The molecule has 2 fully saturated rings. The van der Waals surface area contributed by atoms with Crippen LogP contribution in [0.4, 0.5) is 11.4 Å². The smallest absolute Gasteiger partial charge is 0.264 e. The van der Waals surface area contributed by atoms with Crippen molar-refractivity contribution in [3.8, 4) is 5.75 Å². The second-order valence-corrected chi connectivity index (χ2v) is 19.4. The molecule has 9 nitrogen and oxygen atoms in total. The highest BCUT2D eigenvalue weighted by Gasteiger charge is 2.66. The lowest BCUT2D eigenvalue weighted by Gasteiger charge is -2.39. The highest BCUT2D eigenvalue weighted by atomic mass is 28.3. The van der Waals surface area contributed by atoms with Crippen molar-refractivity contribution in [3.05, 3.63) is 96.1 Å². The molecule has 0 bridgehead atoms. The summed E-state index contributed by atoms with van der Waals surface area (Å²) in [6, 6.07) is 21.7. The molecule has 0 unspecified atom stereocenters. The van der Waals surface area contributed by atoms with Gasteiger partial charge in [0.15, 0.2) is 5.60 Å². The zero-order valence-corrected chi connectivity index (χ0v) is 30.4. The van der Waals surface area contributed by atoms with Crippen LogP contribution < -0.4 is 19.7 Å². The van der Waals surface area contributed by atoms with Crippen LogP contribution in [0.1, 0.15) is 42.9 Å². The van der Waals surface area contributed by atoms with E-state index in [2.05, 4.69) is 44.8 Å². The van der Waals surface area contributed by atoms with Crippen LogP contribution in [0.2, 0.25) is 18.6 Å². The van der Waals surface area contributed by atoms with Gasteiger partial charge >= 0.3 is 0 Å². The standard InChI is InChI=1S/C40H47N3O6Si/c1-6-19-42-34-18-13-29(41-20-9-12-36(41)45)22-33(34)40(39(42)47)26(2)38(50(4,5)32-16-14-31(48-3)15-17-32)35(49-40)23-37(46)43-24-28-11-8-7-10-27(28)21-30(43)25-44/h6-8,10-11,13-18,22,26,30,35,38,44H,1,9,12,19-21,23-25H2,2-5H3/t26-,30+,35+,38-,40+/m1/s1. The largest absolute Gasteiger partial charge is 0.497 e. The minimum Gasteiger partial charge on any atom is -0.497 e. The zero-order valence-electron chi connectivity index (χ0n) is 29.4. The lowest BCUT2D eigenvalue weighted by molar-refractivity contribution is -0.150. The van der Waals surface area contributed by atoms with Gasteiger partial charge in [0.1, 0.15) is 5.75 Å². The highest BCUT2D eigenvalue weighted by Crippen LogP contribution is 2.60. The second kappa shape index (κ2) is 13.1. The molecule has 0 aromatic heterocycles. The summed E-state index contributed by atoms with van der Waals surface area (Å²) in [4.78, 5) is 47.6. The maximum Gasteiger partial charge on any atom is 0.264 e. The number of carbonyl (C=O) groups is 3. The van der Waals surface area contributed by atoms with E-state index in [1.807, 2.05) is 48.5 Å². The Bertz CT molecular complexity index is 1830. The van der Waals surface area contributed by atoms with Gasteiger partial charge in [0.05, 0.1) is 46.0 Å². The monoisotopic (exact) mass is 693 g/mol. The van der Waals surface area contributed by atoms with Gasteiger partial charge in [-0.05, 0) is 59.8 Å². The van der Waals surface area contributed by atoms with E-state index in [1.165, 1.54) is 5.19 Å². The van der Waals surface area contributed by atoms with Crippen LogP contribution in [-0.2, 0) is 37.7 Å². The summed E-state index contributed by atoms with van der Waals surface area (Å²) < 4.78 is 12.7. The van der Waals surface area contributed by atoms with Crippen molar-refractivity contribution in [2.75, 3.05) is 36.6 Å². The fourth-order valence-corrected chi connectivity index (χ4v) is 13.2. The molecule has 3 aromatic carbocycles. The van der Waals surface area contributed by atoms with Crippen molar-refractivity contribution < 1.29 is 29.0 Å². The molecule has 0 radical (unpaired) electrons. The number of anilines is 2. The van der Waals surface area contributed by atoms with Gasteiger partial charge in [-0.15, -0.1) is 6.58 Å². The molecular weight excluding hydrogens is 647 g/mol. The number of aliphatic hydroxyl groups excluding tert-OH is 1. The minimum atomic E-state index is -2.50. The van der Waals surface area contributed by atoms with E-state index in [0.717, 1.165) is 40.2 Å². The van der Waals surface area contributed by atoms with E-state index >= 15 is 0 Å². The van der Waals surface area contributed by atoms with Crippen LogP contribution in [0.5, 0.6) is 5.75 Å². The van der Waals surface area contributed by atoms with E-state index in [0.29, 0.717) is 32.5 Å². The second-order valence-electron chi connectivity index (χ2n) is 14.7. The Morgan fingerprint density at radius 2 is 1.84 bits per heavy atom. The number of nitrogens with zero attached hydrogens (tertiary/aromatic N) is 3. The van der Waals surface area contributed by atoms with Gasteiger partial charge in [-0.25, -0.2) is 0 Å². The Hall–Kier alpha value is -4.25. The van der Waals surface area contributed by atoms with Crippen molar-refractivity contribution >= 4 is 42.4 Å². The van der Waals surface area contributed by atoms with Gasteiger partial charge in [-0.1, -0.05) is 67.7 Å². The third kappa shape index (κ3) is 5.39. The molecule has 10 heteroatoms. The molecule has 50 heavy (non-hydrogen) atoms. The van der Waals surface area contributed by atoms with Crippen molar-refractivity contribution in [1.82, 2.24) is 4.90 Å². The first-order valence-corrected chi connectivity index (χ1v) is 20.8. The number of aliphatic hydroxyl groups is 1. The number of hydrogen-bond donors (Lipinski definition) is 1. The SMILES string of the molecule is C=CCN1C(=O)[C@@]2(O[C@@H](CC(=O)N3Cc4ccccc4C[C@H]3CO)[C@H]([Si](C)(C)c3ccc(OC)cc3)[C@H]2C)c2cc(N3CCCC3=O)ccc21. The van der Waals surface area contributed by atoms with Gasteiger partial charge < -0.3 is 29.3 Å². The quantitative estimate of drug-likeness (QED) is 0.253. The van der Waals surface area contributed by atoms with Crippen molar-refractivity contribution in [2.24, 2.45) is 5.92 Å². The van der Waals surface area contributed by atoms with E-state index < -0.39 is 19.8 Å². The molecule has 5 atom stereocenters. The van der Waals surface area contributed by atoms with E-state index in [1.54, 1.807) is 27.9 Å². The Kier molecular flexibility index (Phi) is 8.99. The number of methoxy groups -OCH3 is 1. The van der Waals surface area contributed by atoms with Gasteiger partial charge in [-0.3, -0.25) is 14.4 Å². The van der Waals surface area contributed by atoms with Gasteiger partial charge in [0, 0.05) is 43.2 Å². The lowest BCUT2D eigenvalue weighted by Crippen LogP contribution is -2.52. The molecule has 1 spiro atoms. The number of ether oxygens (including phenoxy) is 2. The van der Waals surface area contributed by atoms with Crippen LogP contribution in [0.15, 0.2) is 79.4 Å². The van der Waals surface area contributed by atoms with Gasteiger partial charge in [0.25, 0.3) is 5.91 Å². The first kappa shape index (κ1) is 34.2. The Morgan fingerprint density at radius 3 is 2.50 bits per heavy atom. The lowest BCUT2D eigenvalue weighted by atomic mass is 9.82. The predicted octanol–water partition coefficient (Wildman–Crippen LogP) is 4.91. The van der Waals surface area contributed by atoms with Crippen molar-refractivity contribution in [3.63, 3.8) is 0 Å². The van der Waals surface area contributed by atoms with Crippen molar-refractivity contribution in [2.45, 2.75) is 75.5 Å². The number of rotatable bonds is 9. The summed E-state index contributed by atoms with van der Waals surface area (Å²) in [6.45, 7) is 11.9. The van der Waals surface area contributed by atoms with E-state index in [4.69, 9.17) is 9.47 Å². The number of amides is 3. The maximum absolute atomic E-state index is 14.9. The first-order valence-electron chi connectivity index (χ1n) is 17.7.